The van der Waals surface area contributed by atoms with Gasteiger partial charge in [0.05, 0.1) is 11.6 Å². The molecule has 0 radical (unpaired) electrons. The molecule has 0 spiro atoms. The number of hydrogen-bond acceptors (Lipinski definition) is 3. The summed E-state index contributed by atoms with van der Waals surface area (Å²) in [6, 6.07) is 8.01. The molecule has 1 fully saturated rings. The Morgan fingerprint density at radius 2 is 2.21 bits per heavy atom. The minimum absolute atomic E-state index is 0.206. The van der Waals surface area contributed by atoms with Crippen molar-refractivity contribution in [3.8, 4) is 0 Å². The Kier molecular flexibility index (Phi) is 3.69. The lowest BCUT2D eigenvalue weighted by Gasteiger charge is -2.17. The summed E-state index contributed by atoms with van der Waals surface area (Å²) in [6.07, 6.45) is 4.66. The summed E-state index contributed by atoms with van der Waals surface area (Å²) in [5.74, 6) is 0. The number of halogens is 1. The second-order valence-electron chi connectivity index (χ2n) is 5.12. The van der Waals surface area contributed by atoms with Gasteiger partial charge in [0.15, 0.2) is 0 Å². The van der Waals surface area contributed by atoms with Gasteiger partial charge in [0, 0.05) is 29.2 Å². The van der Waals surface area contributed by atoms with Crippen LogP contribution in [-0.4, -0.2) is 22.2 Å². The molecule has 2 N–H and O–H groups in total. The lowest BCUT2D eigenvalue weighted by Crippen LogP contribution is -2.35. The van der Waals surface area contributed by atoms with E-state index in [1.54, 1.807) is 6.20 Å². The molecule has 0 aliphatic heterocycles. The molecule has 1 heterocycles. The molecule has 1 aromatic heterocycles. The topological polar surface area (TPSA) is 45.1 Å². The quantitative estimate of drug-likeness (QED) is 0.906. The standard InChI is InChI=1S/C15H17ClN2O/c16-11-4-5-12-10(6-7-17-14(12)8-11)9-18-13-2-1-3-15(13)19/h4-8,13,15,18-19H,1-3,9H2/t13-,15-/m1/s1. The molecule has 0 saturated heterocycles. The Hall–Kier alpha value is -1.16. The first-order chi connectivity index (χ1) is 9.24. The normalized spacial score (nSPS) is 23.1. The van der Waals surface area contributed by atoms with Crippen LogP contribution in [0.3, 0.4) is 0 Å². The van der Waals surface area contributed by atoms with Crippen LogP contribution in [0.5, 0.6) is 0 Å². The molecule has 1 aliphatic rings. The van der Waals surface area contributed by atoms with Crippen LogP contribution in [0.1, 0.15) is 24.8 Å². The summed E-state index contributed by atoms with van der Waals surface area (Å²) < 4.78 is 0. The van der Waals surface area contributed by atoms with Gasteiger partial charge in [-0.1, -0.05) is 17.7 Å². The number of aliphatic hydroxyl groups excluding tert-OH is 1. The fourth-order valence-corrected chi connectivity index (χ4v) is 2.92. The van der Waals surface area contributed by atoms with Crippen molar-refractivity contribution in [1.29, 1.82) is 0 Å². The molecule has 100 valence electrons. The monoisotopic (exact) mass is 276 g/mol. The lowest BCUT2D eigenvalue weighted by molar-refractivity contribution is 0.148. The third-order valence-corrected chi connectivity index (χ3v) is 4.06. The summed E-state index contributed by atoms with van der Waals surface area (Å²) in [4.78, 5) is 4.34. The van der Waals surface area contributed by atoms with Gasteiger partial charge in [-0.05, 0) is 43.0 Å². The Balaban J connectivity index is 1.81. The molecule has 3 nitrogen and oxygen atoms in total. The average Bonchev–Trinajstić information content (AvgIpc) is 2.81. The lowest BCUT2D eigenvalue weighted by atomic mass is 10.1. The van der Waals surface area contributed by atoms with E-state index in [-0.39, 0.29) is 12.1 Å². The van der Waals surface area contributed by atoms with Crippen molar-refractivity contribution in [2.24, 2.45) is 0 Å². The molecule has 0 amide bonds. The van der Waals surface area contributed by atoms with Gasteiger partial charge in [-0.25, -0.2) is 0 Å². The number of nitrogens with one attached hydrogen (secondary N) is 1. The van der Waals surface area contributed by atoms with E-state index in [2.05, 4.69) is 10.3 Å². The van der Waals surface area contributed by atoms with Gasteiger partial charge >= 0.3 is 0 Å². The first-order valence-electron chi connectivity index (χ1n) is 6.68. The van der Waals surface area contributed by atoms with E-state index in [0.29, 0.717) is 5.02 Å². The highest BCUT2D eigenvalue weighted by molar-refractivity contribution is 6.31. The number of fused-ring (bicyclic) bond motifs is 1. The summed E-state index contributed by atoms with van der Waals surface area (Å²) in [5.41, 5.74) is 2.11. The van der Waals surface area contributed by atoms with Crippen molar-refractivity contribution < 1.29 is 5.11 Å². The molecular formula is C15H17ClN2O. The van der Waals surface area contributed by atoms with E-state index >= 15 is 0 Å². The third kappa shape index (κ3) is 2.73. The predicted octanol–water partition coefficient (Wildman–Crippen LogP) is 2.89. The Morgan fingerprint density at radius 1 is 1.32 bits per heavy atom. The number of pyridine rings is 1. The molecular weight excluding hydrogens is 260 g/mol. The number of aromatic nitrogens is 1. The van der Waals surface area contributed by atoms with Gasteiger partial charge in [-0.2, -0.15) is 0 Å². The molecule has 4 heteroatoms. The van der Waals surface area contributed by atoms with Gasteiger partial charge < -0.3 is 10.4 Å². The first kappa shape index (κ1) is 12.9. The van der Waals surface area contributed by atoms with Crippen LogP contribution in [0.4, 0.5) is 0 Å². The van der Waals surface area contributed by atoms with Crippen LogP contribution in [0, 0.1) is 0 Å². The van der Waals surface area contributed by atoms with E-state index in [9.17, 15) is 5.11 Å². The van der Waals surface area contributed by atoms with Crippen LogP contribution in [0.2, 0.25) is 5.02 Å². The van der Waals surface area contributed by atoms with E-state index in [0.717, 1.165) is 36.7 Å². The van der Waals surface area contributed by atoms with E-state index in [4.69, 9.17) is 11.6 Å². The van der Waals surface area contributed by atoms with E-state index < -0.39 is 0 Å². The zero-order valence-electron chi connectivity index (χ0n) is 10.6. The summed E-state index contributed by atoms with van der Waals surface area (Å²) in [5, 5.41) is 15.1. The van der Waals surface area contributed by atoms with Crippen LogP contribution in [0.15, 0.2) is 30.5 Å². The molecule has 2 atom stereocenters. The number of aliphatic hydroxyl groups is 1. The van der Waals surface area contributed by atoms with Gasteiger partial charge in [0.25, 0.3) is 0 Å². The predicted molar refractivity (Wildman–Crippen MR) is 77.2 cm³/mol. The van der Waals surface area contributed by atoms with Crippen molar-refractivity contribution in [2.45, 2.75) is 38.0 Å². The fourth-order valence-electron chi connectivity index (χ4n) is 2.75. The minimum atomic E-state index is -0.206. The van der Waals surface area contributed by atoms with Crippen LogP contribution >= 0.6 is 11.6 Å². The number of rotatable bonds is 3. The second-order valence-corrected chi connectivity index (χ2v) is 5.55. The van der Waals surface area contributed by atoms with Gasteiger partial charge in [-0.15, -0.1) is 0 Å². The Morgan fingerprint density at radius 3 is 3.00 bits per heavy atom. The zero-order valence-corrected chi connectivity index (χ0v) is 11.4. The number of benzene rings is 1. The van der Waals surface area contributed by atoms with Crippen LogP contribution in [0.25, 0.3) is 10.9 Å². The molecule has 1 saturated carbocycles. The van der Waals surface area contributed by atoms with Crippen molar-refractivity contribution in [2.75, 3.05) is 0 Å². The SMILES string of the molecule is O[C@@H]1CCC[C@H]1NCc1ccnc2cc(Cl)ccc12. The Bertz CT molecular complexity index is 587. The zero-order chi connectivity index (χ0) is 13.2. The summed E-state index contributed by atoms with van der Waals surface area (Å²) in [6.45, 7) is 0.752. The minimum Gasteiger partial charge on any atom is -0.392 e. The molecule has 1 aromatic carbocycles. The first-order valence-corrected chi connectivity index (χ1v) is 7.06. The highest BCUT2D eigenvalue weighted by atomic mass is 35.5. The second kappa shape index (κ2) is 5.45. The molecule has 19 heavy (non-hydrogen) atoms. The van der Waals surface area contributed by atoms with Gasteiger partial charge in [0.1, 0.15) is 0 Å². The maximum absolute atomic E-state index is 9.82. The number of nitrogens with zero attached hydrogens (tertiary/aromatic N) is 1. The molecule has 3 rings (SSSR count). The highest BCUT2D eigenvalue weighted by Crippen LogP contribution is 2.22. The van der Waals surface area contributed by atoms with Gasteiger partial charge in [-0.3, -0.25) is 4.98 Å². The van der Waals surface area contributed by atoms with Crippen LogP contribution in [-0.2, 0) is 6.54 Å². The largest absolute Gasteiger partial charge is 0.392 e. The summed E-state index contributed by atoms with van der Waals surface area (Å²) in [7, 11) is 0. The van der Waals surface area contributed by atoms with Gasteiger partial charge in [0.2, 0.25) is 0 Å². The van der Waals surface area contributed by atoms with E-state index in [1.807, 2.05) is 24.3 Å². The molecule has 0 bridgehead atoms. The Labute approximate surface area is 117 Å². The van der Waals surface area contributed by atoms with Crippen LogP contribution < -0.4 is 5.32 Å². The summed E-state index contributed by atoms with van der Waals surface area (Å²) >= 11 is 5.98. The third-order valence-electron chi connectivity index (χ3n) is 3.83. The maximum atomic E-state index is 9.82. The fraction of sp³-hybridized carbons (Fsp3) is 0.400. The van der Waals surface area contributed by atoms with Crippen molar-refractivity contribution in [3.63, 3.8) is 0 Å². The van der Waals surface area contributed by atoms with Crippen molar-refractivity contribution in [3.05, 3.63) is 41.0 Å². The average molecular weight is 277 g/mol. The van der Waals surface area contributed by atoms with Crippen molar-refractivity contribution >= 4 is 22.5 Å². The van der Waals surface area contributed by atoms with E-state index in [1.165, 1.54) is 5.56 Å². The molecule has 0 unspecified atom stereocenters. The highest BCUT2D eigenvalue weighted by Gasteiger charge is 2.24. The smallest absolute Gasteiger partial charge is 0.0720 e. The van der Waals surface area contributed by atoms with Crippen molar-refractivity contribution in [1.82, 2.24) is 10.3 Å². The molecule has 1 aliphatic carbocycles. The maximum Gasteiger partial charge on any atom is 0.0720 e. The molecule has 2 aromatic rings. The number of hydrogen-bond donors (Lipinski definition) is 2.